The van der Waals surface area contributed by atoms with E-state index in [0.717, 1.165) is 38.5 Å². The van der Waals surface area contributed by atoms with Crippen LogP contribution in [0.1, 0.15) is 58.3 Å². The van der Waals surface area contributed by atoms with Crippen LogP contribution in [0.15, 0.2) is 0 Å². The number of amides is 2. The summed E-state index contributed by atoms with van der Waals surface area (Å²) >= 11 is 0. The minimum absolute atomic E-state index is 0.0753. The fraction of sp³-hybridized carbons (Fsp3) is 0.867. The molecule has 2 fully saturated rings. The summed E-state index contributed by atoms with van der Waals surface area (Å²) in [6.07, 6.45) is 8.60. The molecule has 0 spiro atoms. The second-order valence-corrected chi connectivity index (χ2v) is 6.71. The molecule has 0 saturated heterocycles. The Morgan fingerprint density at radius 2 is 1.85 bits per heavy atom. The standard InChI is InChI=1S/C15H26N2O3/c1-15(8-5-9-15)10-16-14(20)17-12(13(18)19)11-6-3-2-4-7-11/h11-12H,2-10H2,1H3,(H,18,19)(H2,16,17,20). The van der Waals surface area contributed by atoms with Crippen LogP contribution in [0.25, 0.3) is 0 Å². The summed E-state index contributed by atoms with van der Waals surface area (Å²) in [7, 11) is 0. The Balaban J connectivity index is 1.80. The number of carboxylic acids is 1. The van der Waals surface area contributed by atoms with Crippen molar-refractivity contribution in [3.8, 4) is 0 Å². The van der Waals surface area contributed by atoms with E-state index in [1.165, 1.54) is 12.8 Å². The van der Waals surface area contributed by atoms with Gasteiger partial charge in [0, 0.05) is 6.54 Å². The maximum atomic E-state index is 11.9. The van der Waals surface area contributed by atoms with Crippen LogP contribution < -0.4 is 10.6 Å². The lowest BCUT2D eigenvalue weighted by molar-refractivity contribution is -0.141. The minimum atomic E-state index is -0.915. The fourth-order valence-corrected chi connectivity index (χ4v) is 3.29. The van der Waals surface area contributed by atoms with Gasteiger partial charge < -0.3 is 15.7 Å². The van der Waals surface area contributed by atoms with Gasteiger partial charge in [-0.15, -0.1) is 0 Å². The summed E-state index contributed by atoms with van der Waals surface area (Å²) in [5.74, 6) is -0.840. The molecule has 2 aliphatic rings. The molecule has 2 amide bonds. The minimum Gasteiger partial charge on any atom is -0.480 e. The van der Waals surface area contributed by atoms with Gasteiger partial charge in [-0.3, -0.25) is 0 Å². The van der Waals surface area contributed by atoms with E-state index in [9.17, 15) is 14.7 Å². The van der Waals surface area contributed by atoms with Crippen molar-refractivity contribution < 1.29 is 14.7 Å². The lowest BCUT2D eigenvalue weighted by atomic mass is 9.70. The van der Waals surface area contributed by atoms with E-state index in [2.05, 4.69) is 17.6 Å². The molecule has 0 bridgehead atoms. The molecule has 2 saturated carbocycles. The van der Waals surface area contributed by atoms with Crippen molar-refractivity contribution in [1.82, 2.24) is 10.6 Å². The zero-order valence-corrected chi connectivity index (χ0v) is 12.3. The summed E-state index contributed by atoms with van der Waals surface area (Å²) < 4.78 is 0. The smallest absolute Gasteiger partial charge is 0.326 e. The number of nitrogens with one attached hydrogen (secondary N) is 2. The number of aliphatic carboxylic acids is 1. The van der Waals surface area contributed by atoms with E-state index in [1.807, 2.05) is 0 Å². The molecule has 5 nitrogen and oxygen atoms in total. The molecule has 1 unspecified atom stereocenters. The zero-order valence-electron chi connectivity index (χ0n) is 12.3. The molecule has 0 radical (unpaired) electrons. The van der Waals surface area contributed by atoms with Gasteiger partial charge in [-0.1, -0.05) is 32.6 Å². The van der Waals surface area contributed by atoms with E-state index in [0.29, 0.717) is 6.54 Å². The highest BCUT2D eigenvalue weighted by atomic mass is 16.4. The van der Waals surface area contributed by atoms with E-state index in [1.54, 1.807) is 0 Å². The van der Waals surface area contributed by atoms with Gasteiger partial charge in [0.25, 0.3) is 0 Å². The van der Waals surface area contributed by atoms with Crippen molar-refractivity contribution in [2.45, 2.75) is 64.3 Å². The van der Waals surface area contributed by atoms with Gasteiger partial charge in [-0.05, 0) is 37.0 Å². The van der Waals surface area contributed by atoms with E-state index in [-0.39, 0.29) is 17.4 Å². The van der Waals surface area contributed by atoms with Crippen LogP contribution >= 0.6 is 0 Å². The van der Waals surface area contributed by atoms with Crippen LogP contribution in [0, 0.1) is 11.3 Å². The molecule has 3 N–H and O–H groups in total. The Morgan fingerprint density at radius 3 is 2.35 bits per heavy atom. The maximum Gasteiger partial charge on any atom is 0.326 e. The van der Waals surface area contributed by atoms with Crippen LogP contribution in [-0.2, 0) is 4.79 Å². The molecular formula is C15H26N2O3. The zero-order chi connectivity index (χ0) is 14.6. The third-order valence-electron chi connectivity index (χ3n) is 4.91. The molecule has 2 aliphatic carbocycles. The van der Waals surface area contributed by atoms with Crippen LogP contribution in [0.4, 0.5) is 4.79 Å². The molecule has 0 aromatic carbocycles. The number of hydrogen-bond donors (Lipinski definition) is 3. The second-order valence-electron chi connectivity index (χ2n) is 6.71. The van der Waals surface area contributed by atoms with Crippen molar-refractivity contribution in [3.63, 3.8) is 0 Å². The topological polar surface area (TPSA) is 78.4 Å². The van der Waals surface area contributed by atoms with Gasteiger partial charge in [0.1, 0.15) is 6.04 Å². The van der Waals surface area contributed by atoms with Crippen LogP contribution in [-0.4, -0.2) is 29.7 Å². The van der Waals surface area contributed by atoms with E-state index >= 15 is 0 Å². The quantitative estimate of drug-likeness (QED) is 0.725. The van der Waals surface area contributed by atoms with Crippen LogP contribution in [0.5, 0.6) is 0 Å². The van der Waals surface area contributed by atoms with Gasteiger partial charge in [-0.25, -0.2) is 9.59 Å². The van der Waals surface area contributed by atoms with E-state index in [4.69, 9.17) is 0 Å². The van der Waals surface area contributed by atoms with Crippen LogP contribution in [0.2, 0.25) is 0 Å². The monoisotopic (exact) mass is 282 g/mol. The fourth-order valence-electron chi connectivity index (χ4n) is 3.29. The first kappa shape index (κ1) is 15.1. The molecule has 20 heavy (non-hydrogen) atoms. The molecule has 0 heterocycles. The van der Waals surface area contributed by atoms with Gasteiger partial charge in [-0.2, -0.15) is 0 Å². The number of hydrogen-bond acceptors (Lipinski definition) is 2. The number of carbonyl (C=O) groups excluding carboxylic acids is 1. The molecule has 1 atom stereocenters. The third-order valence-corrected chi connectivity index (χ3v) is 4.91. The first-order valence-corrected chi connectivity index (χ1v) is 7.77. The highest BCUT2D eigenvalue weighted by Crippen LogP contribution is 2.39. The van der Waals surface area contributed by atoms with Gasteiger partial charge >= 0.3 is 12.0 Å². The second kappa shape index (κ2) is 6.46. The average Bonchev–Trinajstić information content (AvgIpc) is 2.41. The lowest BCUT2D eigenvalue weighted by Crippen LogP contribution is -2.52. The van der Waals surface area contributed by atoms with Gasteiger partial charge in [0.05, 0.1) is 0 Å². The molecule has 114 valence electrons. The number of rotatable bonds is 5. The highest BCUT2D eigenvalue weighted by molar-refractivity contribution is 5.82. The SMILES string of the molecule is CC1(CNC(=O)NC(C(=O)O)C2CCCCC2)CCC1. The molecule has 0 aromatic rings. The number of carboxylic acid groups (broad SMARTS) is 1. The molecule has 0 aromatic heterocycles. The normalized spacial score (nSPS) is 23.4. The summed E-state index contributed by atoms with van der Waals surface area (Å²) in [6, 6.07) is -1.08. The van der Waals surface area contributed by atoms with Crippen molar-refractivity contribution in [2.24, 2.45) is 11.3 Å². The summed E-state index contributed by atoms with van der Waals surface area (Å²) in [6.45, 7) is 2.79. The molecular weight excluding hydrogens is 256 g/mol. The van der Waals surface area contributed by atoms with Crippen molar-refractivity contribution in [1.29, 1.82) is 0 Å². The number of carbonyl (C=O) groups is 2. The molecule has 0 aliphatic heterocycles. The maximum absolute atomic E-state index is 11.9. The largest absolute Gasteiger partial charge is 0.480 e. The summed E-state index contributed by atoms with van der Waals surface area (Å²) in [4.78, 5) is 23.3. The first-order chi connectivity index (χ1) is 9.50. The van der Waals surface area contributed by atoms with E-state index < -0.39 is 12.0 Å². The first-order valence-electron chi connectivity index (χ1n) is 7.77. The van der Waals surface area contributed by atoms with Crippen molar-refractivity contribution in [3.05, 3.63) is 0 Å². The Morgan fingerprint density at radius 1 is 1.20 bits per heavy atom. The average molecular weight is 282 g/mol. The predicted molar refractivity (Wildman–Crippen MR) is 76.5 cm³/mol. The third kappa shape index (κ3) is 3.87. The summed E-state index contributed by atoms with van der Waals surface area (Å²) in [5, 5.41) is 14.8. The predicted octanol–water partition coefficient (Wildman–Crippen LogP) is 2.51. The Labute approximate surface area is 120 Å². The Hall–Kier alpha value is -1.26. The Bertz CT molecular complexity index is 360. The van der Waals surface area contributed by atoms with Gasteiger partial charge in [0.2, 0.25) is 0 Å². The van der Waals surface area contributed by atoms with Gasteiger partial charge in [0.15, 0.2) is 0 Å². The molecule has 5 heteroatoms. The van der Waals surface area contributed by atoms with Crippen molar-refractivity contribution >= 4 is 12.0 Å². The molecule has 2 rings (SSSR count). The highest BCUT2D eigenvalue weighted by Gasteiger charge is 2.33. The summed E-state index contributed by atoms with van der Waals surface area (Å²) in [5.41, 5.74) is 0.209. The Kier molecular flexibility index (Phi) is 4.89. The number of urea groups is 1. The lowest BCUT2D eigenvalue weighted by Gasteiger charge is -2.38. The van der Waals surface area contributed by atoms with Crippen LogP contribution in [0.3, 0.4) is 0 Å². The van der Waals surface area contributed by atoms with Crippen molar-refractivity contribution in [2.75, 3.05) is 6.54 Å².